The standard InChI is InChI=1S/C16H23ClN4O2.ClH/c1-11-8-18-6-7-21(11)10-16(23)19-9-15(22)20-14-5-3-4-13(17)12(14)2;/h3-5,11,18H,6-10H2,1-2H3,(H,19,23)(H,20,22);1H/t11-;/m0./s1. The Bertz CT molecular complexity index is 583. The average molecular weight is 375 g/mol. The summed E-state index contributed by atoms with van der Waals surface area (Å²) in [5.41, 5.74) is 1.47. The maximum Gasteiger partial charge on any atom is 0.243 e. The predicted octanol–water partition coefficient (Wildman–Crippen LogP) is 1.42. The summed E-state index contributed by atoms with van der Waals surface area (Å²) in [5.74, 6) is -0.409. The molecule has 3 N–H and O–H groups in total. The minimum atomic E-state index is -0.267. The number of piperazine rings is 1. The fourth-order valence-corrected chi connectivity index (χ4v) is 2.65. The minimum absolute atomic E-state index is 0. The van der Waals surface area contributed by atoms with Crippen molar-refractivity contribution < 1.29 is 9.59 Å². The third kappa shape index (κ3) is 5.94. The number of nitrogens with zero attached hydrogens (tertiary/aromatic N) is 1. The van der Waals surface area contributed by atoms with E-state index in [1.807, 2.05) is 6.92 Å². The summed E-state index contributed by atoms with van der Waals surface area (Å²) >= 11 is 6.02. The molecule has 1 heterocycles. The van der Waals surface area contributed by atoms with Gasteiger partial charge in [-0.1, -0.05) is 17.7 Å². The van der Waals surface area contributed by atoms with Gasteiger partial charge >= 0.3 is 0 Å². The third-order valence-corrected chi connectivity index (χ3v) is 4.38. The highest BCUT2D eigenvalue weighted by Gasteiger charge is 2.20. The van der Waals surface area contributed by atoms with Gasteiger partial charge in [0.1, 0.15) is 0 Å². The number of anilines is 1. The molecule has 2 amide bonds. The molecule has 0 unspecified atom stereocenters. The maximum atomic E-state index is 12.0. The smallest absolute Gasteiger partial charge is 0.243 e. The minimum Gasteiger partial charge on any atom is -0.346 e. The molecule has 0 aromatic heterocycles. The normalized spacial score (nSPS) is 17.7. The van der Waals surface area contributed by atoms with Crippen LogP contribution in [0.25, 0.3) is 0 Å². The van der Waals surface area contributed by atoms with Crippen molar-refractivity contribution in [3.63, 3.8) is 0 Å². The molecular weight excluding hydrogens is 351 g/mol. The molecule has 1 aromatic rings. The van der Waals surface area contributed by atoms with Crippen LogP contribution >= 0.6 is 24.0 Å². The zero-order chi connectivity index (χ0) is 16.8. The van der Waals surface area contributed by atoms with Crippen LogP contribution in [0.5, 0.6) is 0 Å². The Morgan fingerprint density at radius 1 is 1.38 bits per heavy atom. The van der Waals surface area contributed by atoms with E-state index in [-0.39, 0.29) is 30.8 Å². The molecule has 0 saturated carbocycles. The summed E-state index contributed by atoms with van der Waals surface area (Å²) in [6.07, 6.45) is 0. The summed E-state index contributed by atoms with van der Waals surface area (Å²) in [6, 6.07) is 5.64. The second-order valence-corrected chi connectivity index (χ2v) is 6.17. The molecule has 0 spiro atoms. The zero-order valence-electron chi connectivity index (χ0n) is 13.9. The first-order chi connectivity index (χ1) is 11.0. The first-order valence-corrected chi connectivity index (χ1v) is 8.11. The van der Waals surface area contributed by atoms with Crippen LogP contribution < -0.4 is 16.0 Å². The van der Waals surface area contributed by atoms with Crippen LogP contribution in [-0.4, -0.2) is 55.5 Å². The van der Waals surface area contributed by atoms with Gasteiger partial charge in [0.05, 0.1) is 13.1 Å². The van der Waals surface area contributed by atoms with Crippen LogP contribution in [0, 0.1) is 6.92 Å². The number of hydrogen-bond donors (Lipinski definition) is 3. The van der Waals surface area contributed by atoms with E-state index in [0.717, 1.165) is 25.2 Å². The van der Waals surface area contributed by atoms with E-state index in [9.17, 15) is 9.59 Å². The van der Waals surface area contributed by atoms with E-state index in [1.165, 1.54) is 0 Å². The molecule has 6 nitrogen and oxygen atoms in total. The fourth-order valence-electron chi connectivity index (χ4n) is 2.47. The highest BCUT2D eigenvalue weighted by Crippen LogP contribution is 2.22. The van der Waals surface area contributed by atoms with E-state index >= 15 is 0 Å². The molecule has 1 atom stereocenters. The second kappa shape index (κ2) is 9.84. The molecule has 134 valence electrons. The number of benzene rings is 1. The molecule has 1 aliphatic rings. The molecule has 0 radical (unpaired) electrons. The van der Waals surface area contributed by atoms with E-state index in [0.29, 0.717) is 23.3 Å². The first kappa shape index (κ1) is 20.7. The van der Waals surface area contributed by atoms with Crippen molar-refractivity contribution in [2.24, 2.45) is 0 Å². The number of hydrogen-bond acceptors (Lipinski definition) is 4. The van der Waals surface area contributed by atoms with Crippen molar-refractivity contribution in [1.82, 2.24) is 15.5 Å². The van der Waals surface area contributed by atoms with Gasteiger partial charge in [-0.3, -0.25) is 14.5 Å². The van der Waals surface area contributed by atoms with Crippen molar-refractivity contribution in [1.29, 1.82) is 0 Å². The van der Waals surface area contributed by atoms with Crippen LogP contribution in [0.2, 0.25) is 5.02 Å². The quantitative estimate of drug-likeness (QED) is 0.728. The Hall–Kier alpha value is -1.34. The van der Waals surface area contributed by atoms with Crippen molar-refractivity contribution >= 4 is 41.5 Å². The van der Waals surface area contributed by atoms with Crippen molar-refractivity contribution in [2.75, 3.05) is 38.0 Å². The van der Waals surface area contributed by atoms with Crippen LogP contribution in [0.15, 0.2) is 18.2 Å². The number of nitrogens with one attached hydrogen (secondary N) is 3. The molecule has 2 rings (SSSR count). The van der Waals surface area contributed by atoms with Crippen molar-refractivity contribution in [2.45, 2.75) is 19.9 Å². The maximum absolute atomic E-state index is 12.0. The average Bonchev–Trinajstić information content (AvgIpc) is 2.52. The highest BCUT2D eigenvalue weighted by atomic mass is 35.5. The Labute approximate surface area is 153 Å². The zero-order valence-corrected chi connectivity index (χ0v) is 15.5. The lowest BCUT2D eigenvalue weighted by atomic mass is 10.2. The summed E-state index contributed by atoms with van der Waals surface area (Å²) < 4.78 is 0. The summed E-state index contributed by atoms with van der Waals surface area (Å²) in [5, 5.41) is 9.29. The molecule has 0 aliphatic carbocycles. The number of carbonyl (C=O) groups is 2. The lowest BCUT2D eigenvalue weighted by molar-refractivity contribution is -0.125. The van der Waals surface area contributed by atoms with Gasteiger partial charge in [-0.05, 0) is 31.5 Å². The first-order valence-electron chi connectivity index (χ1n) is 7.74. The Morgan fingerprint density at radius 3 is 2.83 bits per heavy atom. The van der Waals surface area contributed by atoms with E-state index in [2.05, 4.69) is 27.8 Å². The Balaban J connectivity index is 0.00000288. The van der Waals surface area contributed by atoms with Crippen LogP contribution in [-0.2, 0) is 9.59 Å². The van der Waals surface area contributed by atoms with Crippen LogP contribution in [0.4, 0.5) is 5.69 Å². The van der Waals surface area contributed by atoms with E-state index in [1.54, 1.807) is 18.2 Å². The number of amides is 2. The molecule has 1 aromatic carbocycles. The molecule has 24 heavy (non-hydrogen) atoms. The van der Waals surface area contributed by atoms with Gasteiger partial charge < -0.3 is 16.0 Å². The predicted molar refractivity (Wildman–Crippen MR) is 99.0 cm³/mol. The van der Waals surface area contributed by atoms with Gasteiger partial charge in [0.2, 0.25) is 11.8 Å². The number of halogens is 2. The van der Waals surface area contributed by atoms with Crippen LogP contribution in [0.3, 0.4) is 0 Å². The Morgan fingerprint density at radius 2 is 2.12 bits per heavy atom. The van der Waals surface area contributed by atoms with Gasteiger partial charge in [0.25, 0.3) is 0 Å². The van der Waals surface area contributed by atoms with Gasteiger partial charge in [-0.25, -0.2) is 0 Å². The van der Waals surface area contributed by atoms with E-state index in [4.69, 9.17) is 11.6 Å². The van der Waals surface area contributed by atoms with Gasteiger partial charge in [-0.2, -0.15) is 0 Å². The molecule has 1 saturated heterocycles. The fraction of sp³-hybridized carbons (Fsp3) is 0.500. The molecule has 8 heteroatoms. The molecule has 1 aliphatic heterocycles. The largest absolute Gasteiger partial charge is 0.346 e. The van der Waals surface area contributed by atoms with Crippen molar-refractivity contribution in [3.05, 3.63) is 28.8 Å². The molecular formula is C16H24Cl2N4O2. The molecule has 1 fully saturated rings. The summed E-state index contributed by atoms with van der Waals surface area (Å²) in [4.78, 5) is 26.0. The lowest BCUT2D eigenvalue weighted by Crippen LogP contribution is -2.53. The number of carbonyl (C=O) groups excluding carboxylic acids is 2. The van der Waals surface area contributed by atoms with Crippen LogP contribution in [0.1, 0.15) is 12.5 Å². The third-order valence-electron chi connectivity index (χ3n) is 3.97. The monoisotopic (exact) mass is 374 g/mol. The lowest BCUT2D eigenvalue weighted by Gasteiger charge is -2.33. The van der Waals surface area contributed by atoms with E-state index < -0.39 is 0 Å². The highest BCUT2D eigenvalue weighted by molar-refractivity contribution is 6.31. The second-order valence-electron chi connectivity index (χ2n) is 5.76. The van der Waals surface area contributed by atoms with Gasteiger partial charge in [0, 0.05) is 36.4 Å². The van der Waals surface area contributed by atoms with Crippen molar-refractivity contribution in [3.8, 4) is 0 Å². The number of rotatable bonds is 5. The summed E-state index contributed by atoms with van der Waals surface area (Å²) in [7, 11) is 0. The SMILES string of the molecule is Cc1c(Cl)cccc1NC(=O)CNC(=O)CN1CCNC[C@@H]1C.Cl. The van der Waals surface area contributed by atoms with Gasteiger partial charge in [0.15, 0.2) is 0 Å². The topological polar surface area (TPSA) is 73.5 Å². The Kier molecular flexibility index (Phi) is 8.48. The van der Waals surface area contributed by atoms with Gasteiger partial charge in [-0.15, -0.1) is 12.4 Å². The molecule has 0 bridgehead atoms. The summed E-state index contributed by atoms with van der Waals surface area (Å²) in [6.45, 7) is 6.77.